The molecule has 1 aromatic heterocycles. The molecule has 0 bridgehead atoms. The van der Waals surface area contributed by atoms with E-state index in [0.717, 1.165) is 21.4 Å². The number of amides is 1. The number of carbonyl (C=O) groups is 2. The summed E-state index contributed by atoms with van der Waals surface area (Å²) in [5.41, 5.74) is 19.1. The number of nitrogen functional groups attached to an aromatic ring is 1. The molecule has 11 heteroatoms. The number of ether oxygens (including phenoxy) is 1. The molecule has 11 nitrogen and oxygen atoms in total. The lowest BCUT2D eigenvalue weighted by Crippen LogP contribution is -2.45. The molecule has 0 saturated heterocycles. The first-order valence-corrected chi connectivity index (χ1v) is 12.8. The minimum Gasteiger partial charge on any atom is -0.480 e. The number of aryl methyl sites for hydroxylation is 1. The summed E-state index contributed by atoms with van der Waals surface area (Å²) >= 11 is 0. The molecule has 3 aromatic carbocycles. The largest absolute Gasteiger partial charge is 0.480 e. The zero-order valence-corrected chi connectivity index (χ0v) is 22.6. The lowest BCUT2D eigenvalue weighted by molar-refractivity contribution is -0.138. The summed E-state index contributed by atoms with van der Waals surface area (Å²) in [7, 11) is 0. The van der Waals surface area contributed by atoms with Gasteiger partial charge in [0.2, 0.25) is 0 Å². The second-order valence-electron chi connectivity index (χ2n) is 9.05. The van der Waals surface area contributed by atoms with Crippen LogP contribution in [0.4, 0.5) is 16.2 Å². The highest BCUT2D eigenvalue weighted by atomic mass is 16.6. The molecule has 1 amide bonds. The van der Waals surface area contributed by atoms with E-state index in [1.54, 1.807) is 42.5 Å². The van der Waals surface area contributed by atoms with Crippen LogP contribution >= 0.6 is 0 Å². The summed E-state index contributed by atoms with van der Waals surface area (Å²) in [6.07, 6.45) is -0.171. The van der Waals surface area contributed by atoms with Gasteiger partial charge in [0.25, 0.3) is 0 Å². The summed E-state index contributed by atoms with van der Waals surface area (Å²) in [5.74, 6) is -1.20. The third kappa shape index (κ3) is 9.13. The maximum atomic E-state index is 12.8. The van der Waals surface area contributed by atoms with E-state index in [2.05, 4.69) is 4.99 Å². The van der Waals surface area contributed by atoms with Crippen molar-refractivity contribution in [2.24, 2.45) is 16.5 Å². The van der Waals surface area contributed by atoms with Crippen LogP contribution in [0.1, 0.15) is 24.0 Å². The number of aliphatic imine (C=N–C) groups is 1. The van der Waals surface area contributed by atoms with Crippen molar-refractivity contribution in [2.45, 2.75) is 32.4 Å². The Morgan fingerprint density at radius 3 is 2.29 bits per heavy atom. The highest BCUT2D eigenvalue weighted by Crippen LogP contribution is 2.22. The Morgan fingerprint density at radius 1 is 1.00 bits per heavy atom. The highest BCUT2D eigenvalue weighted by molar-refractivity contribution is 5.95. The summed E-state index contributed by atoms with van der Waals surface area (Å²) in [6.45, 7) is 2.19. The number of carbonyl (C=O) groups excluding carboxylic acids is 1. The van der Waals surface area contributed by atoms with Crippen molar-refractivity contribution < 1.29 is 23.8 Å². The van der Waals surface area contributed by atoms with E-state index >= 15 is 0 Å². The molecule has 0 spiro atoms. The molecule has 0 unspecified atom stereocenters. The molecule has 4 aromatic rings. The normalized spacial score (nSPS) is 11.0. The van der Waals surface area contributed by atoms with E-state index in [-0.39, 0.29) is 31.2 Å². The summed E-state index contributed by atoms with van der Waals surface area (Å²) in [6, 6.07) is 23.4. The summed E-state index contributed by atoms with van der Waals surface area (Å²) < 4.78 is 10.4. The lowest BCUT2D eigenvalue weighted by Gasteiger charge is -2.28. The van der Waals surface area contributed by atoms with Gasteiger partial charge in [0.1, 0.15) is 18.2 Å². The van der Waals surface area contributed by atoms with Crippen LogP contribution < -0.4 is 27.7 Å². The minimum atomic E-state index is -1.13. The SMILES string of the molecule is Cc1cc(=O)oc2cc(N)ccc12.NC(N)=NCCC[C@@H](C(=O)O)N(C(=O)OCc1ccccc1)c1ccccc1. The molecule has 0 radical (unpaired) electrons. The molecule has 1 atom stereocenters. The van der Waals surface area contributed by atoms with E-state index in [9.17, 15) is 19.5 Å². The van der Waals surface area contributed by atoms with Crippen LogP contribution in [-0.4, -0.2) is 35.7 Å². The number of nitrogens with two attached hydrogens (primary N) is 3. The first-order chi connectivity index (χ1) is 19.7. The second-order valence-corrected chi connectivity index (χ2v) is 9.05. The van der Waals surface area contributed by atoms with Crippen LogP contribution in [0, 0.1) is 6.92 Å². The number of para-hydroxylation sites is 1. The van der Waals surface area contributed by atoms with Gasteiger partial charge in [0, 0.05) is 35.4 Å². The average Bonchev–Trinajstić information content (AvgIpc) is 2.94. The number of nitrogens with zero attached hydrogens (tertiary/aromatic N) is 2. The molecule has 0 saturated carbocycles. The fraction of sp³-hybridized carbons (Fsp3) is 0.200. The van der Waals surface area contributed by atoms with Crippen LogP contribution in [0.2, 0.25) is 0 Å². The fourth-order valence-corrected chi connectivity index (χ4v) is 3.99. The standard InChI is InChI=1S/C20H24N4O4.C10H9NO2/c21-19(22)23-13-7-12-17(18(25)26)24(16-10-5-2-6-11-16)20(27)28-14-15-8-3-1-4-9-15;1-6-4-10(12)13-9-5-7(11)2-3-8(6)9/h1-6,8-11,17H,7,12-14H2,(H,25,26)(H4,21,22,23);2-5H,11H2,1H3/t17-;/m0./s1. The average molecular weight is 560 g/mol. The summed E-state index contributed by atoms with van der Waals surface area (Å²) in [4.78, 5) is 40.7. The Balaban J connectivity index is 0.000000294. The van der Waals surface area contributed by atoms with Gasteiger partial charge < -0.3 is 31.5 Å². The zero-order chi connectivity index (χ0) is 29.8. The number of guanidine groups is 1. The van der Waals surface area contributed by atoms with Gasteiger partial charge >= 0.3 is 17.7 Å². The molecule has 7 N–H and O–H groups in total. The van der Waals surface area contributed by atoms with Crippen molar-refractivity contribution in [2.75, 3.05) is 17.2 Å². The van der Waals surface area contributed by atoms with Crippen LogP contribution in [0.5, 0.6) is 0 Å². The van der Waals surface area contributed by atoms with Gasteiger partial charge in [-0.05, 0) is 55.2 Å². The first-order valence-electron chi connectivity index (χ1n) is 12.8. The van der Waals surface area contributed by atoms with E-state index in [0.29, 0.717) is 23.4 Å². The monoisotopic (exact) mass is 559 g/mol. The molecule has 4 rings (SSSR count). The molecule has 0 aliphatic carbocycles. The zero-order valence-electron chi connectivity index (χ0n) is 22.6. The predicted octanol–water partition coefficient (Wildman–Crippen LogP) is 4.02. The Kier molecular flexibility index (Phi) is 10.9. The second kappa shape index (κ2) is 14.7. The number of carboxylic acids is 1. The number of anilines is 2. The Hall–Kier alpha value is -5.32. The molecule has 0 aliphatic rings. The molecular weight excluding hydrogens is 526 g/mol. The van der Waals surface area contributed by atoms with E-state index in [1.165, 1.54) is 6.07 Å². The van der Waals surface area contributed by atoms with Gasteiger partial charge in [-0.1, -0.05) is 48.5 Å². The number of benzene rings is 3. The number of hydrogen-bond donors (Lipinski definition) is 4. The van der Waals surface area contributed by atoms with Gasteiger partial charge in [-0.15, -0.1) is 0 Å². The fourth-order valence-electron chi connectivity index (χ4n) is 3.99. The topological polar surface area (TPSA) is 187 Å². The smallest absolute Gasteiger partial charge is 0.415 e. The third-order valence-electron chi connectivity index (χ3n) is 5.94. The van der Waals surface area contributed by atoms with Gasteiger partial charge in [-0.3, -0.25) is 9.89 Å². The Bertz CT molecular complexity index is 1540. The molecule has 41 heavy (non-hydrogen) atoms. The molecule has 1 heterocycles. The maximum Gasteiger partial charge on any atom is 0.415 e. The van der Waals surface area contributed by atoms with E-state index in [1.807, 2.05) is 43.3 Å². The van der Waals surface area contributed by atoms with E-state index < -0.39 is 18.1 Å². The van der Waals surface area contributed by atoms with Crippen LogP contribution in [-0.2, 0) is 16.1 Å². The van der Waals surface area contributed by atoms with Gasteiger partial charge in [0.05, 0.1) is 0 Å². The summed E-state index contributed by atoms with van der Waals surface area (Å²) in [5, 5.41) is 10.6. The Labute approximate surface area is 236 Å². The van der Waals surface area contributed by atoms with Crippen molar-refractivity contribution in [3.63, 3.8) is 0 Å². The molecular formula is C30H33N5O6. The van der Waals surface area contributed by atoms with Crippen LogP contribution in [0.25, 0.3) is 11.0 Å². The minimum absolute atomic E-state index is 0.0450. The van der Waals surface area contributed by atoms with Crippen molar-refractivity contribution in [3.05, 3.63) is 106 Å². The quantitative estimate of drug-likeness (QED) is 0.0772. The molecule has 0 fully saturated rings. The molecule has 214 valence electrons. The van der Waals surface area contributed by atoms with Crippen molar-refractivity contribution in [1.82, 2.24) is 0 Å². The van der Waals surface area contributed by atoms with Crippen LogP contribution in [0.15, 0.2) is 99.1 Å². The van der Waals surface area contributed by atoms with Gasteiger partial charge in [0.15, 0.2) is 5.96 Å². The number of fused-ring (bicyclic) bond motifs is 1. The maximum absolute atomic E-state index is 12.8. The highest BCUT2D eigenvalue weighted by Gasteiger charge is 2.32. The number of carboxylic acid groups (broad SMARTS) is 1. The first kappa shape index (κ1) is 30.2. The van der Waals surface area contributed by atoms with Crippen molar-refractivity contribution in [1.29, 1.82) is 0 Å². The molecule has 0 aliphatic heterocycles. The van der Waals surface area contributed by atoms with Gasteiger partial charge in [-0.25, -0.2) is 14.4 Å². The number of rotatable bonds is 9. The van der Waals surface area contributed by atoms with Crippen LogP contribution in [0.3, 0.4) is 0 Å². The lowest BCUT2D eigenvalue weighted by atomic mass is 10.1. The Morgan fingerprint density at radius 2 is 1.66 bits per heavy atom. The van der Waals surface area contributed by atoms with E-state index in [4.69, 9.17) is 26.4 Å². The number of aliphatic carboxylic acids is 1. The van der Waals surface area contributed by atoms with Crippen molar-refractivity contribution >= 4 is 40.4 Å². The predicted molar refractivity (Wildman–Crippen MR) is 159 cm³/mol. The number of hydrogen-bond acceptors (Lipinski definition) is 7. The third-order valence-corrected chi connectivity index (χ3v) is 5.94. The van der Waals surface area contributed by atoms with Crippen molar-refractivity contribution in [3.8, 4) is 0 Å². The van der Waals surface area contributed by atoms with Gasteiger partial charge in [-0.2, -0.15) is 0 Å².